The highest BCUT2D eigenvalue weighted by molar-refractivity contribution is 6.44. The van der Waals surface area contributed by atoms with Crippen LogP contribution in [0, 0.1) is 6.92 Å². The Bertz CT molecular complexity index is 1130. The molecule has 0 unspecified atom stereocenters. The molecule has 6 nitrogen and oxygen atoms in total. The molecule has 0 spiro atoms. The maximum Gasteiger partial charge on any atom is 0.231 e. The molecule has 3 aromatic rings. The van der Waals surface area contributed by atoms with E-state index < -0.39 is 0 Å². The first kappa shape index (κ1) is 18.2. The van der Waals surface area contributed by atoms with E-state index in [0.717, 1.165) is 28.3 Å². The molecule has 6 heteroatoms. The number of ether oxygens (including phenoxy) is 2. The molecule has 2 heterocycles. The van der Waals surface area contributed by atoms with Crippen LogP contribution in [0.5, 0.6) is 11.5 Å². The molecule has 2 aliphatic heterocycles. The van der Waals surface area contributed by atoms with Crippen LogP contribution in [0.3, 0.4) is 0 Å². The number of hydrazone groups is 1. The minimum Gasteiger partial charge on any atom is -0.454 e. The van der Waals surface area contributed by atoms with Crippen molar-refractivity contribution < 1.29 is 14.3 Å². The zero-order valence-electron chi connectivity index (χ0n) is 16.8. The molecule has 0 bridgehead atoms. The van der Waals surface area contributed by atoms with Crippen LogP contribution in [0.4, 0.5) is 11.4 Å². The molecule has 0 aliphatic carbocycles. The lowest BCUT2D eigenvalue weighted by Crippen LogP contribution is -2.37. The van der Waals surface area contributed by atoms with Gasteiger partial charge in [0.25, 0.3) is 0 Å². The Morgan fingerprint density at radius 1 is 0.933 bits per heavy atom. The first-order valence-electron chi connectivity index (χ1n) is 9.81. The van der Waals surface area contributed by atoms with Crippen molar-refractivity contribution in [1.82, 2.24) is 0 Å². The lowest BCUT2D eigenvalue weighted by atomic mass is 10.1. The van der Waals surface area contributed by atoms with E-state index in [4.69, 9.17) is 14.6 Å². The molecular formula is C24H21N3O3. The van der Waals surface area contributed by atoms with Crippen molar-refractivity contribution in [2.45, 2.75) is 20.0 Å². The van der Waals surface area contributed by atoms with E-state index >= 15 is 0 Å². The van der Waals surface area contributed by atoms with Gasteiger partial charge in [0.05, 0.1) is 5.69 Å². The summed E-state index contributed by atoms with van der Waals surface area (Å²) in [4.78, 5) is 14.6. The summed E-state index contributed by atoms with van der Waals surface area (Å²) in [5.41, 5.74) is 3.90. The molecule has 0 N–H and O–H groups in total. The van der Waals surface area contributed by atoms with Gasteiger partial charge in [0.1, 0.15) is 0 Å². The monoisotopic (exact) mass is 399 g/mol. The topological polar surface area (TPSA) is 54.4 Å². The van der Waals surface area contributed by atoms with Gasteiger partial charge in [-0.3, -0.25) is 9.69 Å². The lowest BCUT2D eigenvalue weighted by molar-refractivity contribution is -0.111. The summed E-state index contributed by atoms with van der Waals surface area (Å²) in [5.74, 6) is 1.71. The van der Waals surface area contributed by atoms with E-state index in [9.17, 15) is 4.79 Å². The van der Waals surface area contributed by atoms with Crippen molar-refractivity contribution in [3.8, 4) is 11.5 Å². The second kappa shape index (κ2) is 7.22. The average molecular weight is 399 g/mol. The number of carbonyl (C=O) groups is 1. The number of nitrogens with zero attached hydrogens (tertiary/aromatic N) is 3. The normalized spacial score (nSPS) is 17.3. The molecule has 0 amide bonds. The first-order valence-corrected chi connectivity index (χ1v) is 9.81. The Hall–Kier alpha value is -3.80. The molecule has 1 atom stereocenters. The van der Waals surface area contributed by atoms with Gasteiger partial charge >= 0.3 is 0 Å². The molecular weight excluding hydrogens is 378 g/mol. The Morgan fingerprint density at radius 3 is 2.40 bits per heavy atom. The van der Waals surface area contributed by atoms with Gasteiger partial charge in [-0.15, -0.1) is 5.10 Å². The van der Waals surface area contributed by atoms with Gasteiger partial charge < -0.3 is 9.47 Å². The summed E-state index contributed by atoms with van der Waals surface area (Å²) in [6.07, 6.45) is -0.344. The fourth-order valence-electron chi connectivity index (χ4n) is 3.78. The van der Waals surface area contributed by atoms with Gasteiger partial charge in [0.2, 0.25) is 6.79 Å². The minimum absolute atomic E-state index is 0.0975. The van der Waals surface area contributed by atoms with Gasteiger partial charge in [-0.1, -0.05) is 42.0 Å². The summed E-state index contributed by atoms with van der Waals surface area (Å²) < 4.78 is 11.1. The molecule has 0 saturated heterocycles. The Balaban J connectivity index is 1.68. The standard InChI is InChI=1S/C24H21N3O3/c1-16-8-11-19(12-9-16)26-23(17(2)28)25-27(20-6-4-3-5-7-20)24(26)18-10-13-21-22(14-18)30-15-29-21/h3-14,24H,15H2,1-2H3/t24-/m0/s1. The van der Waals surface area contributed by atoms with Crippen LogP contribution >= 0.6 is 0 Å². The van der Waals surface area contributed by atoms with Crippen LogP contribution in [-0.4, -0.2) is 18.4 Å². The highest BCUT2D eigenvalue weighted by Gasteiger charge is 2.39. The number of aryl methyl sites for hydroxylation is 1. The molecule has 3 aromatic carbocycles. The summed E-state index contributed by atoms with van der Waals surface area (Å²) in [5, 5.41) is 6.63. The van der Waals surface area contributed by atoms with E-state index in [1.165, 1.54) is 0 Å². The largest absolute Gasteiger partial charge is 0.454 e. The van der Waals surface area contributed by atoms with Crippen LogP contribution in [0.25, 0.3) is 0 Å². The van der Waals surface area contributed by atoms with Crippen LogP contribution in [-0.2, 0) is 4.79 Å². The molecule has 0 saturated carbocycles. The van der Waals surface area contributed by atoms with Crippen molar-refractivity contribution in [2.75, 3.05) is 16.7 Å². The Labute approximate surface area is 174 Å². The fraction of sp³-hybridized carbons (Fsp3) is 0.167. The summed E-state index contributed by atoms with van der Waals surface area (Å²) >= 11 is 0. The number of Topliss-reactive ketones (excluding diaryl/α,β-unsaturated/α-hetero) is 1. The van der Waals surface area contributed by atoms with Crippen molar-refractivity contribution in [3.05, 3.63) is 83.9 Å². The van der Waals surface area contributed by atoms with Crippen LogP contribution in [0.2, 0.25) is 0 Å². The number of anilines is 2. The highest BCUT2D eigenvalue weighted by Crippen LogP contribution is 2.42. The predicted octanol–water partition coefficient (Wildman–Crippen LogP) is 4.65. The van der Waals surface area contributed by atoms with E-state index in [-0.39, 0.29) is 18.7 Å². The van der Waals surface area contributed by atoms with Crippen molar-refractivity contribution in [3.63, 3.8) is 0 Å². The first-order chi connectivity index (χ1) is 14.6. The van der Waals surface area contributed by atoms with E-state index in [0.29, 0.717) is 11.6 Å². The second-order valence-electron chi connectivity index (χ2n) is 7.35. The number of fused-ring (bicyclic) bond motifs is 1. The summed E-state index contributed by atoms with van der Waals surface area (Å²) in [6.45, 7) is 3.80. The number of hydrogen-bond donors (Lipinski definition) is 0. The number of para-hydroxylation sites is 1. The van der Waals surface area contributed by atoms with Gasteiger partial charge in [-0.25, -0.2) is 5.01 Å². The molecule has 150 valence electrons. The van der Waals surface area contributed by atoms with Crippen molar-refractivity contribution in [1.29, 1.82) is 0 Å². The molecule has 5 rings (SSSR count). The number of rotatable bonds is 4. The number of hydrogen-bond acceptors (Lipinski definition) is 6. The minimum atomic E-state index is -0.344. The van der Waals surface area contributed by atoms with Gasteiger partial charge in [0.15, 0.2) is 29.3 Å². The maximum atomic E-state index is 12.6. The zero-order chi connectivity index (χ0) is 20.7. The predicted molar refractivity (Wildman–Crippen MR) is 116 cm³/mol. The van der Waals surface area contributed by atoms with E-state index in [2.05, 4.69) is 0 Å². The smallest absolute Gasteiger partial charge is 0.231 e. The molecule has 30 heavy (non-hydrogen) atoms. The molecule has 0 aromatic heterocycles. The lowest BCUT2D eigenvalue weighted by Gasteiger charge is -2.32. The van der Waals surface area contributed by atoms with Crippen molar-refractivity contribution in [2.24, 2.45) is 5.10 Å². The van der Waals surface area contributed by atoms with Gasteiger partial charge in [0, 0.05) is 18.2 Å². The quantitative estimate of drug-likeness (QED) is 0.639. The molecule has 2 aliphatic rings. The molecule has 0 radical (unpaired) electrons. The van der Waals surface area contributed by atoms with Crippen LogP contribution < -0.4 is 19.4 Å². The Kier molecular flexibility index (Phi) is 4.39. The van der Waals surface area contributed by atoms with Crippen LogP contribution in [0.1, 0.15) is 24.2 Å². The third-order valence-corrected chi connectivity index (χ3v) is 5.25. The SMILES string of the molecule is CC(=O)C1=NN(c2ccccc2)[C@@H](c2ccc3c(c2)OCO3)N1c1ccc(C)cc1. The van der Waals surface area contributed by atoms with Crippen LogP contribution in [0.15, 0.2) is 77.9 Å². The second-order valence-corrected chi connectivity index (χ2v) is 7.35. The summed E-state index contributed by atoms with van der Waals surface area (Å²) in [7, 11) is 0. The maximum absolute atomic E-state index is 12.6. The fourth-order valence-corrected chi connectivity index (χ4v) is 3.78. The summed E-state index contributed by atoms with van der Waals surface area (Å²) in [6, 6.07) is 23.8. The van der Waals surface area contributed by atoms with Gasteiger partial charge in [-0.2, -0.15) is 0 Å². The van der Waals surface area contributed by atoms with Crippen molar-refractivity contribution >= 4 is 23.0 Å². The molecule has 0 fully saturated rings. The van der Waals surface area contributed by atoms with Gasteiger partial charge in [-0.05, 0) is 43.3 Å². The Morgan fingerprint density at radius 2 is 1.67 bits per heavy atom. The van der Waals surface area contributed by atoms with E-state index in [1.807, 2.05) is 89.6 Å². The van der Waals surface area contributed by atoms with E-state index in [1.54, 1.807) is 6.92 Å². The number of carbonyl (C=O) groups excluding carboxylic acids is 1. The third kappa shape index (κ3) is 3.06. The number of benzene rings is 3. The number of amidine groups is 1. The zero-order valence-corrected chi connectivity index (χ0v) is 16.8. The third-order valence-electron chi connectivity index (χ3n) is 5.25. The number of ketones is 1. The highest BCUT2D eigenvalue weighted by atomic mass is 16.7. The average Bonchev–Trinajstić information content (AvgIpc) is 3.39.